The summed E-state index contributed by atoms with van der Waals surface area (Å²) in [5.74, 6) is 1.01. The van der Waals surface area contributed by atoms with Crippen LogP contribution in [0.4, 0.5) is 4.79 Å². The number of H-pyrrole nitrogens is 1. The molecule has 22 heavy (non-hydrogen) atoms. The Hall–Kier alpha value is -1.52. The van der Waals surface area contributed by atoms with Crippen molar-refractivity contribution in [3.05, 3.63) is 17.2 Å². The average molecular weight is 307 g/mol. The largest absolute Gasteiger partial charge is 0.444 e. The van der Waals surface area contributed by atoms with Crippen molar-refractivity contribution in [1.82, 2.24) is 14.9 Å². The highest BCUT2D eigenvalue weighted by Gasteiger charge is 2.41. The highest BCUT2D eigenvalue weighted by atomic mass is 16.6. The average Bonchev–Trinajstić information content (AvgIpc) is 3.01. The zero-order valence-corrected chi connectivity index (χ0v) is 14.7. The molecule has 1 aliphatic rings. The van der Waals surface area contributed by atoms with E-state index in [1.165, 1.54) is 5.69 Å². The summed E-state index contributed by atoms with van der Waals surface area (Å²) in [5, 5.41) is 0. The van der Waals surface area contributed by atoms with Crippen molar-refractivity contribution in [2.45, 2.75) is 71.8 Å². The quantitative estimate of drug-likeness (QED) is 0.930. The lowest BCUT2D eigenvalue weighted by Gasteiger charge is -2.26. The summed E-state index contributed by atoms with van der Waals surface area (Å²) < 4.78 is 5.48. The van der Waals surface area contributed by atoms with Crippen LogP contribution in [-0.4, -0.2) is 39.7 Å². The Morgan fingerprint density at radius 3 is 2.55 bits per heavy atom. The summed E-state index contributed by atoms with van der Waals surface area (Å²) in [6, 6.07) is 0. The lowest BCUT2D eigenvalue weighted by atomic mass is 9.89. The standard InChI is InChI=1S/C17H29N3O2/c1-7-12-13(8-2)19-14(18-12)17(6)9-10-20(11-17)15(21)22-16(3,4)5/h7-11H2,1-6H3,(H,18,19). The van der Waals surface area contributed by atoms with Crippen LogP contribution in [0.15, 0.2) is 0 Å². The molecule has 0 radical (unpaired) electrons. The minimum absolute atomic E-state index is 0.117. The predicted molar refractivity (Wildman–Crippen MR) is 87.1 cm³/mol. The molecular weight excluding hydrogens is 278 g/mol. The van der Waals surface area contributed by atoms with Crippen molar-refractivity contribution in [2.24, 2.45) is 0 Å². The van der Waals surface area contributed by atoms with Gasteiger partial charge in [0.2, 0.25) is 0 Å². The molecule has 0 aliphatic carbocycles. The molecule has 0 bridgehead atoms. The van der Waals surface area contributed by atoms with Crippen molar-refractivity contribution < 1.29 is 9.53 Å². The molecule has 1 fully saturated rings. The van der Waals surface area contributed by atoms with Crippen LogP contribution in [-0.2, 0) is 23.0 Å². The van der Waals surface area contributed by atoms with Gasteiger partial charge in [-0.2, -0.15) is 0 Å². The maximum Gasteiger partial charge on any atom is 0.410 e. The fraction of sp³-hybridized carbons (Fsp3) is 0.765. The van der Waals surface area contributed by atoms with E-state index in [4.69, 9.17) is 9.72 Å². The van der Waals surface area contributed by atoms with Crippen molar-refractivity contribution in [3.8, 4) is 0 Å². The van der Waals surface area contributed by atoms with Crippen LogP contribution in [0.3, 0.4) is 0 Å². The molecule has 0 spiro atoms. The zero-order valence-electron chi connectivity index (χ0n) is 14.7. The molecule has 1 unspecified atom stereocenters. The number of aromatic nitrogens is 2. The smallest absolute Gasteiger partial charge is 0.410 e. The fourth-order valence-corrected chi connectivity index (χ4v) is 2.95. The molecule has 2 rings (SSSR count). The highest BCUT2D eigenvalue weighted by Crippen LogP contribution is 2.33. The van der Waals surface area contributed by atoms with Crippen LogP contribution in [0.2, 0.25) is 0 Å². The van der Waals surface area contributed by atoms with Crippen LogP contribution in [0.25, 0.3) is 0 Å². The van der Waals surface area contributed by atoms with Gasteiger partial charge in [-0.15, -0.1) is 0 Å². The minimum atomic E-state index is -0.453. The van der Waals surface area contributed by atoms with Gasteiger partial charge in [0, 0.05) is 24.2 Å². The van der Waals surface area contributed by atoms with Gasteiger partial charge in [-0.25, -0.2) is 9.78 Å². The number of hydrogen-bond acceptors (Lipinski definition) is 3. The monoisotopic (exact) mass is 307 g/mol. The lowest BCUT2D eigenvalue weighted by molar-refractivity contribution is 0.0285. The van der Waals surface area contributed by atoms with Crippen LogP contribution in [0.1, 0.15) is 65.2 Å². The Bertz CT molecular complexity index is 523. The molecule has 1 saturated heterocycles. The van der Waals surface area contributed by atoms with Crippen LogP contribution in [0, 0.1) is 0 Å². The first-order valence-electron chi connectivity index (χ1n) is 8.24. The second kappa shape index (κ2) is 5.94. The van der Waals surface area contributed by atoms with Gasteiger partial charge in [0.1, 0.15) is 11.4 Å². The van der Waals surface area contributed by atoms with E-state index in [0.717, 1.165) is 37.3 Å². The topological polar surface area (TPSA) is 58.2 Å². The third-order valence-electron chi connectivity index (χ3n) is 4.25. The number of aromatic amines is 1. The molecular formula is C17H29N3O2. The SMILES string of the molecule is CCc1nc(C2(C)CCN(C(=O)OC(C)(C)C)C2)[nH]c1CC. The fourth-order valence-electron chi connectivity index (χ4n) is 2.95. The zero-order chi connectivity index (χ0) is 16.5. The van der Waals surface area contributed by atoms with Crippen molar-refractivity contribution in [1.29, 1.82) is 0 Å². The second-order valence-corrected chi connectivity index (χ2v) is 7.43. The Kier molecular flexibility index (Phi) is 4.54. The lowest BCUT2D eigenvalue weighted by Crippen LogP contribution is -2.37. The third-order valence-corrected chi connectivity index (χ3v) is 4.25. The number of imidazole rings is 1. The number of nitrogens with zero attached hydrogens (tertiary/aromatic N) is 2. The number of carbonyl (C=O) groups excluding carboxylic acids is 1. The van der Waals surface area contributed by atoms with Gasteiger partial charge in [0.05, 0.1) is 5.69 Å². The molecule has 0 aromatic carbocycles. The van der Waals surface area contributed by atoms with Gasteiger partial charge in [-0.1, -0.05) is 20.8 Å². The van der Waals surface area contributed by atoms with Crippen LogP contribution >= 0.6 is 0 Å². The van der Waals surface area contributed by atoms with Gasteiger partial charge in [-0.05, 0) is 40.0 Å². The van der Waals surface area contributed by atoms with E-state index in [2.05, 4.69) is 25.8 Å². The molecule has 5 heteroatoms. The van der Waals surface area contributed by atoms with Gasteiger partial charge in [-0.3, -0.25) is 0 Å². The van der Waals surface area contributed by atoms with Gasteiger partial charge in [0.15, 0.2) is 0 Å². The Balaban J connectivity index is 2.13. The number of amides is 1. The van der Waals surface area contributed by atoms with Crippen molar-refractivity contribution in [2.75, 3.05) is 13.1 Å². The number of rotatable bonds is 3. The first-order valence-corrected chi connectivity index (χ1v) is 8.24. The maximum absolute atomic E-state index is 12.2. The minimum Gasteiger partial charge on any atom is -0.444 e. The summed E-state index contributed by atoms with van der Waals surface area (Å²) in [6.45, 7) is 13.5. The van der Waals surface area contributed by atoms with E-state index in [1.54, 1.807) is 4.90 Å². The third kappa shape index (κ3) is 3.45. The van der Waals surface area contributed by atoms with Crippen LogP contribution in [0.5, 0.6) is 0 Å². The molecule has 1 aliphatic heterocycles. The van der Waals surface area contributed by atoms with E-state index in [0.29, 0.717) is 6.54 Å². The normalized spacial score (nSPS) is 22.2. The molecule has 1 aromatic heterocycles. The molecule has 124 valence electrons. The van der Waals surface area contributed by atoms with E-state index < -0.39 is 5.60 Å². The van der Waals surface area contributed by atoms with Gasteiger partial charge in [0.25, 0.3) is 0 Å². The molecule has 1 aromatic rings. The highest BCUT2D eigenvalue weighted by molar-refractivity contribution is 5.68. The van der Waals surface area contributed by atoms with Crippen molar-refractivity contribution >= 4 is 6.09 Å². The Morgan fingerprint density at radius 2 is 2.05 bits per heavy atom. The van der Waals surface area contributed by atoms with Gasteiger partial charge < -0.3 is 14.6 Å². The molecule has 5 nitrogen and oxygen atoms in total. The summed E-state index contributed by atoms with van der Waals surface area (Å²) >= 11 is 0. The van der Waals surface area contributed by atoms with E-state index in [-0.39, 0.29) is 11.5 Å². The van der Waals surface area contributed by atoms with E-state index in [1.807, 2.05) is 20.8 Å². The van der Waals surface area contributed by atoms with E-state index >= 15 is 0 Å². The molecule has 0 saturated carbocycles. The number of nitrogens with one attached hydrogen (secondary N) is 1. The van der Waals surface area contributed by atoms with Crippen LogP contribution < -0.4 is 0 Å². The maximum atomic E-state index is 12.2. The number of aryl methyl sites for hydroxylation is 2. The molecule has 2 heterocycles. The number of likely N-dealkylation sites (tertiary alicyclic amines) is 1. The summed E-state index contributed by atoms with van der Waals surface area (Å²) in [4.78, 5) is 22.3. The first-order chi connectivity index (χ1) is 10.2. The number of hydrogen-bond donors (Lipinski definition) is 1. The van der Waals surface area contributed by atoms with E-state index in [9.17, 15) is 4.79 Å². The summed E-state index contributed by atoms with van der Waals surface area (Å²) in [7, 11) is 0. The molecule has 1 N–H and O–H groups in total. The summed E-state index contributed by atoms with van der Waals surface area (Å²) in [5.41, 5.74) is 1.80. The van der Waals surface area contributed by atoms with Gasteiger partial charge >= 0.3 is 6.09 Å². The Labute approximate surface area is 133 Å². The number of ether oxygens (including phenoxy) is 1. The van der Waals surface area contributed by atoms with Crippen molar-refractivity contribution in [3.63, 3.8) is 0 Å². The summed E-state index contributed by atoms with van der Waals surface area (Å²) in [6.07, 6.45) is 2.58. The Morgan fingerprint density at radius 1 is 1.36 bits per heavy atom. The predicted octanol–water partition coefficient (Wildman–Crippen LogP) is 3.43. The first kappa shape index (κ1) is 16.8. The second-order valence-electron chi connectivity index (χ2n) is 7.43. The number of carbonyl (C=O) groups is 1. The molecule has 1 atom stereocenters. The molecule has 1 amide bonds.